The Kier molecular flexibility index (Phi) is 9.07. The van der Waals surface area contributed by atoms with Crippen LogP contribution in [-0.2, 0) is 14.3 Å². The van der Waals surface area contributed by atoms with Crippen LogP contribution in [0.25, 0.3) is 0 Å². The second-order valence-corrected chi connectivity index (χ2v) is 9.29. The van der Waals surface area contributed by atoms with Crippen molar-refractivity contribution < 1.29 is 19.1 Å². The number of nitrogens with zero attached hydrogens (tertiary/aromatic N) is 5. The van der Waals surface area contributed by atoms with Gasteiger partial charge in [0, 0.05) is 19.1 Å². The van der Waals surface area contributed by atoms with Gasteiger partial charge >= 0.3 is 6.09 Å². The zero-order chi connectivity index (χ0) is 23.0. The van der Waals surface area contributed by atoms with Gasteiger partial charge in [0.15, 0.2) is 6.19 Å². The summed E-state index contributed by atoms with van der Waals surface area (Å²) >= 11 is 0. The van der Waals surface area contributed by atoms with E-state index in [-0.39, 0.29) is 23.3 Å². The lowest BCUT2D eigenvalue weighted by atomic mass is 9.87. The Balaban J connectivity index is 2.33. The predicted octanol–water partition coefficient (Wildman–Crippen LogP) is 1.24. The van der Waals surface area contributed by atoms with Crippen LogP contribution in [-0.4, -0.2) is 98.3 Å². The van der Waals surface area contributed by atoms with Crippen molar-refractivity contribution in [2.45, 2.75) is 52.1 Å². The minimum Gasteiger partial charge on any atom is -0.453 e. The number of carbonyl (C=O) groups is 2. The second-order valence-electron chi connectivity index (χ2n) is 9.29. The van der Waals surface area contributed by atoms with Crippen LogP contribution in [0.15, 0.2) is 4.99 Å². The third-order valence-electron chi connectivity index (χ3n) is 5.48. The number of nitriles is 1. The van der Waals surface area contributed by atoms with Crippen LogP contribution in [0.1, 0.15) is 40.0 Å². The molecule has 2 amide bonds. The van der Waals surface area contributed by atoms with E-state index in [1.165, 1.54) is 12.0 Å². The van der Waals surface area contributed by atoms with Gasteiger partial charge in [0.05, 0.1) is 20.3 Å². The molecular weight excluding hydrogens is 400 g/mol. The number of alkyl carbamates (subject to hydrolysis) is 1. The van der Waals surface area contributed by atoms with Crippen molar-refractivity contribution in [1.82, 2.24) is 20.0 Å². The number of carbonyl (C=O) groups excluding carboxylic acids is 2. The number of nitrogens with one attached hydrogen (secondary N) is 1. The number of hydrogen-bond acceptors (Lipinski definition) is 7. The van der Waals surface area contributed by atoms with Crippen molar-refractivity contribution in [2.24, 2.45) is 10.4 Å². The molecule has 0 aromatic heterocycles. The Labute approximate surface area is 185 Å². The molecule has 2 rings (SSSR count). The SMILES string of the molecule is COC(=O)NC(=NC(CC(C)(C)C)C(=O)N(C#N)C1CCN(C)CC1)N1CCOCC1. The highest BCUT2D eigenvalue weighted by Gasteiger charge is 2.35. The van der Waals surface area contributed by atoms with Gasteiger partial charge in [0.1, 0.15) is 6.04 Å². The van der Waals surface area contributed by atoms with Crippen LogP contribution in [0, 0.1) is 16.9 Å². The molecule has 0 saturated carbocycles. The highest BCUT2D eigenvalue weighted by atomic mass is 16.5. The molecule has 2 heterocycles. The van der Waals surface area contributed by atoms with Gasteiger partial charge < -0.3 is 19.3 Å². The number of rotatable bonds is 4. The van der Waals surface area contributed by atoms with Crippen molar-refractivity contribution >= 4 is 18.0 Å². The highest BCUT2D eigenvalue weighted by Crippen LogP contribution is 2.25. The van der Waals surface area contributed by atoms with Crippen LogP contribution in [0.4, 0.5) is 4.79 Å². The summed E-state index contributed by atoms with van der Waals surface area (Å²) in [6.07, 6.45) is 3.39. The Morgan fingerprint density at radius 3 is 2.39 bits per heavy atom. The maximum Gasteiger partial charge on any atom is 0.413 e. The molecule has 31 heavy (non-hydrogen) atoms. The van der Waals surface area contributed by atoms with E-state index >= 15 is 0 Å². The minimum atomic E-state index is -0.797. The first-order valence-corrected chi connectivity index (χ1v) is 10.8. The molecule has 10 nitrogen and oxygen atoms in total. The van der Waals surface area contributed by atoms with Crippen molar-refractivity contribution in [2.75, 3.05) is 53.6 Å². The van der Waals surface area contributed by atoms with Crippen LogP contribution < -0.4 is 5.32 Å². The molecule has 0 aliphatic carbocycles. The number of morpholine rings is 1. The third kappa shape index (κ3) is 7.67. The largest absolute Gasteiger partial charge is 0.453 e. The summed E-state index contributed by atoms with van der Waals surface area (Å²) in [6, 6.07) is -0.930. The van der Waals surface area contributed by atoms with Crippen LogP contribution in [0.5, 0.6) is 0 Å². The lowest BCUT2D eigenvalue weighted by Gasteiger charge is -2.35. The Morgan fingerprint density at radius 2 is 1.87 bits per heavy atom. The average molecular weight is 437 g/mol. The molecule has 1 unspecified atom stereocenters. The number of likely N-dealkylation sites (tertiary alicyclic amines) is 1. The fourth-order valence-corrected chi connectivity index (χ4v) is 3.75. The molecule has 0 radical (unpaired) electrons. The summed E-state index contributed by atoms with van der Waals surface area (Å²) in [5, 5.41) is 12.5. The van der Waals surface area contributed by atoms with E-state index in [0.29, 0.717) is 32.7 Å². The highest BCUT2D eigenvalue weighted by molar-refractivity contribution is 5.96. The molecule has 0 spiro atoms. The fourth-order valence-electron chi connectivity index (χ4n) is 3.75. The van der Waals surface area contributed by atoms with Crippen LogP contribution in [0.2, 0.25) is 0 Å². The van der Waals surface area contributed by atoms with Gasteiger partial charge in [0.25, 0.3) is 5.91 Å². The number of methoxy groups -OCH3 is 1. The fraction of sp³-hybridized carbons (Fsp3) is 0.810. The molecule has 0 bridgehead atoms. The van der Waals surface area contributed by atoms with Gasteiger partial charge in [-0.15, -0.1) is 0 Å². The standard InChI is InChI=1S/C21H36N6O4/c1-21(2,3)14-17(18(28)27(15-22)16-6-8-25(4)9-7-16)23-19(24-20(29)30-5)26-10-12-31-13-11-26/h16-17H,6-14H2,1-5H3,(H,23,24,29). The second kappa shape index (κ2) is 11.3. The predicted molar refractivity (Wildman–Crippen MR) is 116 cm³/mol. The molecule has 2 aliphatic rings. The monoisotopic (exact) mass is 436 g/mol. The van der Waals surface area contributed by atoms with Crippen LogP contribution >= 0.6 is 0 Å². The van der Waals surface area contributed by atoms with Gasteiger partial charge in [0.2, 0.25) is 5.96 Å². The number of guanidine groups is 1. The number of hydrogen-bond donors (Lipinski definition) is 1. The molecule has 0 aromatic carbocycles. The first kappa shape index (κ1) is 24.9. The Hall–Kier alpha value is -2.38. The van der Waals surface area contributed by atoms with Crippen molar-refractivity contribution in [3.05, 3.63) is 0 Å². The number of ether oxygens (including phenoxy) is 2. The summed E-state index contributed by atoms with van der Waals surface area (Å²) in [5.74, 6) is -0.0524. The summed E-state index contributed by atoms with van der Waals surface area (Å²) < 4.78 is 10.1. The van der Waals surface area contributed by atoms with E-state index in [2.05, 4.69) is 21.4 Å². The lowest BCUT2D eigenvalue weighted by Crippen LogP contribution is -2.51. The topological polar surface area (TPSA) is 110 Å². The first-order valence-electron chi connectivity index (χ1n) is 10.8. The number of aliphatic imine (C=N–C) groups is 1. The maximum absolute atomic E-state index is 13.5. The van der Waals surface area contributed by atoms with Gasteiger partial charge in [-0.2, -0.15) is 5.26 Å². The van der Waals surface area contributed by atoms with Gasteiger partial charge in [-0.05, 0) is 44.8 Å². The summed E-state index contributed by atoms with van der Waals surface area (Å²) in [5.41, 5.74) is -0.209. The van der Waals surface area contributed by atoms with Crippen LogP contribution in [0.3, 0.4) is 0 Å². The van der Waals surface area contributed by atoms with Gasteiger partial charge in [-0.3, -0.25) is 10.1 Å². The van der Waals surface area contributed by atoms with Crippen molar-refractivity contribution in [1.29, 1.82) is 5.26 Å². The van der Waals surface area contributed by atoms with E-state index in [1.54, 1.807) is 0 Å². The molecule has 0 aromatic rings. The van der Waals surface area contributed by atoms with E-state index in [9.17, 15) is 14.9 Å². The molecule has 1 atom stereocenters. The molecule has 174 valence electrons. The van der Waals surface area contributed by atoms with E-state index in [1.807, 2.05) is 32.7 Å². The zero-order valence-corrected chi connectivity index (χ0v) is 19.4. The number of piperidine rings is 1. The lowest BCUT2D eigenvalue weighted by molar-refractivity contribution is -0.132. The van der Waals surface area contributed by atoms with Crippen molar-refractivity contribution in [3.8, 4) is 6.19 Å². The number of amides is 2. The summed E-state index contributed by atoms with van der Waals surface area (Å²) in [6.45, 7) is 9.83. The Bertz CT molecular complexity index is 685. The normalized spacial score (nSPS) is 20.0. The third-order valence-corrected chi connectivity index (χ3v) is 5.48. The Morgan fingerprint density at radius 1 is 1.26 bits per heavy atom. The average Bonchev–Trinajstić information content (AvgIpc) is 2.74. The zero-order valence-electron chi connectivity index (χ0n) is 19.4. The summed E-state index contributed by atoms with van der Waals surface area (Å²) in [4.78, 5) is 35.5. The first-order chi connectivity index (χ1) is 14.6. The molecule has 2 aliphatic heterocycles. The molecule has 2 saturated heterocycles. The van der Waals surface area contributed by atoms with E-state index < -0.39 is 12.1 Å². The van der Waals surface area contributed by atoms with E-state index in [4.69, 9.17) is 9.47 Å². The smallest absolute Gasteiger partial charge is 0.413 e. The molecule has 2 fully saturated rings. The van der Waals surface area contributed by atoms with Gasteiger partial charge in [-0.25, -0.2) is 14.7 Å². The molecule has 10 heteroatoms. The summed E-state index contributed by atoms with van der Waals surface area (Å²) in [7, 11) is 3.32. The quantitative estimate of drug-likeness (QED) is 0.305. The molecular formula is C21H36N6O4. The van der Waals surface area contributed by atoms with Gasteiger partial charge in [-0.1, -0.05) is 20.8 Å². The maximum atomic E-state index is 13.5. The van der Waals surface area contributed by atoms with E-state index in [0.717, 1.165) is 25.9 Å². The van der Waals surface area contributed by atoms with Crippen molar-refractivity contribution in [3.63, 3.8) is 0 Å². The minimum absolute atomic E-state index is 0.133. The molecule has 1 N–H and O–H groups in total.